The lowest BCUT2D eigenvalue weighted by atomic mass is 10.1. The summed E-state index contributed by atoms with van der Waals surface area (Å²) in [5.74, 6) is -0.637. The van der Waals surface area contributed by atoms with Gasteiger partial charge in [-0.3, -0.25) is 0 Å². The molecule has 0 amide bonds. The zero-order valence-electron chi connectivity index (χ0n) is 10.8. The first-order valence-corrected chi connectivity index (χ1v) is 6.58. The molecule has 0 radical (unpaired) electrons. The second kappa shape index (κ2) is 5.42. The Morgan fingerprint density at radius 3 is 2.29 bits per heavy atom. The molecule has 0 atom stereocenters. The first-order valence-electron chi connectivity index (χ1n) is 6.20. The summed E-state index contributed by atoms with van der Waals surface area (Å²) in [6.45, 7) is 0. The summed E-state index contributed by atoms with van der Waals surface area (Å²) in [4.78, 5) is 15.4. The summed E-state index contributed by atoms with van der Waals surface area (Å²) in [6.07, 6.45) is 0. The van der Waals surface area contributed by atoms with Crippen LogP contribution in [0.4, 0.5) is 0 Å². The van der Waals surface area contributed by atoms with Crippen molar-refractivity contribution < 1.29 is 14.3 Å². The average molecular weight is 300 g/mol. The highest BCUT2D eigenvalue weighted by Gasteiger charge is 2.21. The van der Waals surface area contributed by atoms with Crippen LogP contribution >= 0.6 is 11.6 Å². The van der Waals surface area contributed by atoms with Crippen molar-refractivity contribution in [2.24, 2.45) is 0 Å². The van der Waals surface area contributed by atoms with Crippen LogP contribution in [-0.4, -0.2) is 16.1 Å². The molecule has 104 valence electrons. The third-order valence-corrected chi connectivity index (χ3v) is 3.21. The van der Waals surface area contributed by atoms with Crippen molar-refractivity contribution in [1.29, 1.82) is 0 Å². The molecule has 1 heterocycles. The number of halogens is 1. The van der Waals surface area contributed by atoms with Crippen LogP contribution in [0.25, 0.3) is 22.8 Å². The van der Waals surface area contributed by atoms with Gasteiger partial charge in [0.1, 0.15) is 0 Å². The number of hydrogen-bond donors (Lipinski definition) is 1. The molecule has 0 saturated heterocycles. The Bertz CT molecular complexity index is 779. The molecule has 0 aliphatic rings. The van der Waals surface area contributed by atoms with E-state index in [4.69, 9.17) is 16.0 Å². The molecule has 0 saturated carbocycles. The van der Waals surface area contributed by atoms with Gasteiger partial charge in [-0.05, 0) is 36.4 Å². The van der Waals surface area contributed by atoms with E-state index in [1.54, 1.807) is 24.3 Å². The van der Waals surface area contributed by atoms with Gasteiger partial charge in [0.25, 0.3) is 0 Å². The van der Waals surface area contributed by atoms with Gasteiger partial charge in [0.15, 0.2) is 11.5 Å². The van der Waals surface area contributed by atoms with Gasteiger partial charge in [-0.15, -0.1) is 0 Å². The predicted octanol–water partition coefficient (Wildman–Crippen LogP) is 4.36. The first kappa shape index (κ1) is 13.4. The Morgan fingerprint density at radius 2 is 1.67 bits per heavy atom. The highest BCUT2D eigenvalue weighted by molar-refractivity contribution is 6.30. The fraction of sp³-hybridized carbons (Fsp3) is 0. The summed E-state index contributed by atoms with van der Waals surface area (Å²) < 4.78 is 5.65. The zero-order chi connectivity index (χ0) is 14.8. The summed E-state index contributed by atoms with van der Waals surface area (Å²) in [5, 5.41) is 9.86. The van der Waals surface area contributed by atoms with Gasteiger partial charge < -0.3 is 9.52 Å². The van der Waals surface area contributed by atoms with Crippen LogP contribution in [0.5, 0.6) is 0 Å². The number of aromatic carboxylic acids is 1. The Hall–Kier alpha value is -2.59. The first-order chi connectivity index (χ1) is 10.1. The van der Waals surface area contributed by atoms with Crippen molar-refractivity contribution in [2.45, 2.75) is 0 Å². The van der Waals surface area contributed by atoms with E-state index in [9.17, 15) is 9.90 Å². The van der Waals surface area contributed by atoms with E-state index in [0.29, 0.717) is 10.6 Å². The van der Waals surface area contributed by atoms with Crippen LogP contribution in [0.1, 0.15) is 10.5 Å². The van der Waals surface area contributed by atoms with Crippen LogP contribution in [0.15, 0.2) is 59.0 Å². The second-order valence-corrected chi connectivity index (χ2v) is 4.81. The van der Waals surface area contributed by atoms with Crippen molar-refractivity contribution in [1.82, 2.24) is 4.98 Å². The quantitative estimate of drug-likeness (QED) is 0.780. The van der Waals surface area contributed by atoms with Crippen molar-refractivity contribution >= 4 is 17.6 Å². The molecule has 0 aliphatic carbocycles. The maximum absolute atomic E-state index is 11.4. The zero-order valence-corrected chi connectivity index (χ0v) is 11.5. The minimum Gasteiger partial charge on any atom is -0.476 e. The molecule has 3 rings (SSSR count). The Balaban J connectivity index is 2.14. The largest absolute Gasteiger partial charge is 0.476 e. The van der Waals surface area contributed by atoms with E-state index in [1.165, 1.54) is 0 Å². The smallest absolute Gasteiger partial charge is 0.358 e. The summed E-state index contributed by atoms with van der Waals surface area (Å²) in [6, 6.07) is 15.9. The molecule has 1 aromatic heterocycles. The molecule has 3 aromatic rings. The summed E-state index contributed by atoms with van der Waals surface area (Å²) in [7, 11) is 0. The van der Waals surface area contributed by atoms with E-state index in [-0.39, 0.29) is 17.3 Å². The third-order valence-electron chi connectivity index (χ3n) is 2.96. The van der Waals surface area contributed by atoms with Crippen LogP contribution in [-0.2, 0) is 0 Å². The van der Waals surface area contributed by atoms with Gasteiger partial charge >= 0.3 is 5.97 Å². The van der Waals surface area contributed by atoms with Gasteiger partial charge in [0.2, 0.25) is 5.89 Å². The highest BCUT2D eigenvalue weighted by atomic mass is 35.5. The lowest BCUT2D eigenvalue weighted by Crippen LogP contribution is -1.98. The van der Waals surface area contributed by atoms with Crippen molar-refractivity contribution in [3.63, 3.8) is 0 Å². The topological polar surface area (TPSA) is 63.3 Å². The predicted molar refractivity (Wildman–Crippen MR) is 79.3 cm³/mol. The molecule has 0 aliphatic heterocycles. The highest BCUT2D eigenvalue weighted by Crippen LogP contribution is 2.30. The van der Waals surface area contributed by atoms with Gasteiger partial charge in [0, 0.05) is 16.1 Å². The fourth-order valence-corrected chi connectivity index (χ4v) is 2.09. The number of rotatable bonds is 3. The van der Waals surface area contributed by atoms with Crippen molar-refractivity contribution in [3.05, 3.63) is 65.3 Å². The maximum Gasteiger partial charge on any atom is 0.358 e. The number of carboxylic acids is 1. The van der Waals surface area contributed by atoms with Crippen LogP contribution in [0.3, 0.4) is 0 Å². The van der Waals surface area contributed by atoms with E-state index in [0.717, 1.165) is 5.56 Å². The van der Waals surface area contributed by atoms with Crippen LogP contribution < -0.4 is 0 Å². The summed E-state index contributed by atoms with van der Waals surface area (Å²) in [5.41, 5.74) is 1.22. The Kier molecular flexibility index (Phi) is 3.46. The van der Waals surface area contributed by atoms with Crippen LogP contribution in [0.2, 0.25) is 5.02 Å². The second-order valence-electron chi connectivity index (χ2n) is 4.37. The number of oxazole rings is 1. The van der Waals surface area contributed by atoms with Gasteiger partial charge in [0.05, 0.1) is 0 Å². The minimum atomic E-state index is -1.13. The number of carbonyl (C=O) groups is 1. The monoisotopic (exact) mass is 299 g/mol. The van der Waals surface area contributed by atoms with E-state index in [1.807, 2.05) is 30.3 Å². The normalized spacial score (nSPS) is 10.5. The van der Waals surface area contributed by atoms with Crippen LogP contribution in [0, 0.1) is 0 Å². The average Bonchev–Trinajstić information content (AvgIpc) is 2.94. The van der Waals surface area contributed by atoms with E-state index in [2.05, 4.69) is 4.98 Å². The van der Waals surface area contributed by atoms with E-state index < -0.39 is 5.97 Å². The molecule has 4 nitrogen and oxygen atoms in total. The number of hydrogen-bond acceptors (Lipinski definition) is 3. The van der Waals surface area contributed by atoms with Crippen molar-refractivity contribution in [2.75, 3.05) is 0 Å². The molecule has 0 spiro atoms. The molecular formula is C16H10ClNO3. The van der Waals surface area contributed by atoms with Gasteiger partial charge in [-0.1, -0.05) is 29.8 Å². The molecule has 0 bridgehead atoms. The lowest BCUT2D eigenvalue weighted by Gasteiger charge is -1.98. The van der Waals surface area contributed by atoms with E-state index >= 15 is 0 Å². The molecule has 5 heteroatoms. The molecule has 2 aromatic carbocycles. The lowest BCUT2D eigenvalue weighted by molar-refractivity contribution is 0.0691. The summed E-state index contributed by atoms with van der Waals surface area (Å²) >= 11 is 5.84. The molecular weight excluding hydrogens is 290 g/mol. The SMILES string of the molecule is O=C(O)c1nc(-c2ccccc2)oc1-c1ccc(Cl)cc1. The minimum absolute atomic E-state index is 0.115. The number of nitrogens with zero attached hydrogens (tertiary/aromatic N) is 1. The third kappa shape index (κ3) is 2.66. The van der Waals surface area contributed by atoms with Crippen molar-refractivity contribution in [3.8, 4) is 22.8 Å². The molecule has 0 unspecified atom stereocenters. The Morgan fingerprint density at radius 1 is 1.00 bits per heavy atom. The van der Waals surface area contributed by atoms with Gasteiger partial charge in [-0.25, -0.2) is 9.78 Å². The standard InChI is InChI=1S/C16H10ClNO3/c17-12-8-6-10(7-9-12)14-13(16(19)20)18-15(21-14)11-4-2-1-3-5-11/h1-9H,(H,19,20). The Labute approximate surface area is 125 Å². The number of benzene rings is 2. The maximum atomic E-state index is 11.4. The van der Waals surface area contributed by atoms with Gasteiger partial charge in [-0.2, -0.15) is 0 Å². The molecule has 0 fully saturated rings. The number of carboxylic acid groups (broad SMARTS) is 1. The molecule has 21 heavy (non-hydrogen) atoms. The molecule has 1 N–H and O–H groups in total. The number of aromatic nitrogens is 1. The fourth-order valence-electron chi connectivity index (χ4n) is 1.97.